The van der Waals surface area contributed by atoms with E-state index < -0.39 is 11.7 Å². The van der Waals surface area contributed by atoms with Gasteiger partial charge in [0.1, 0.15) is 5.69 Å². The first-order chi connectivity index (χ1) is 10.4. The summed E-state index contributed by atoms with van der Waals surface area (Å²) < 4.78 is 37.8. The molecule has 22 heavy (non-hydrogen) atoms. The van der Waals surface area contributed by atoms with Crippen LogP contribution in [0.25, 0.3) is 0 Å². The highest BCUT2D eigenvalue weighted by Gasteiger charge is 2.30. The first-order valence-corrected chi connectivity index (χ1v) is 6.13. The summed E-state index contributed by atoms with van der Waals surface area (Å²) in [5.41, 5.74) is 10.9. The van der Waals surface area contributed by atoms with Gasteiger partial charge in [0.25, 0.3) is 0 Å². The summed E-state index contributed by atoms with van der Waals surface area (Å²) in [6.45, 7) is 0. The van der Waals surface area contributed by atoms with E-state index in [1.165, 1.54) is 18.3 Å². The first-order valence-electron chi connectivity index (χ1n) is 6.13. The molecule has 0 spiro atoms. The number of nitrogens with two attached hydrogens (primary N) is 2. The zero-order valence-corrected chi connectivity index (χ0v) is 11.2. The van der Waals surface area contributed by atoms with Crippen LogP contribution in [0.2, 0.25) is 0 Å². The predicted molar refractivity (Wildman–Crippen MR) is 77.7 cm³/mol. The number of guanidine groups is 1. The van der Waals surface area contributed by atoms with E-state index in [1.807, 2.05) is 0 Å². The molecule has 8 heteroatoms. The van der Waals surface area contributed by atoms with E-state index in [9.17, 15) is 13.2 Å². The van der Waals surface area contributed by atoms with Crippen LogP contribution in [0.1, 0.15) is 11.3 Å². The average Bonchev–Trinajstić information content (AvgIpc) is 2.47. The summed E-state index contributed by atoms with van der Waals surface area (Å²) in [4.78, 5) is 11.6. The number of halogens is 3. The van der Waals surface area contributed by atoms with E-state index in [4.69, 9.17) is 11.5 Å². The van der Waals surface area contributed by atoms with Gasteiger partial charge in [-0.3, -0.25) is 4.98 Å². The molecule has 0 amide bonds. The Balaban J connectivity index is 2.26. The first kappa shape index (κ1) is 15.5. The fourth-order valence-corrected chi connectivity index (χ4v) is 1.60. The molecule has 0 unspecified atom stereocenters. The Morgan fingerprint density at radius 3 is 2.45 bits per heavy atom. The molecule has 0 radical (unpaired) electrons. The summed E-state index contributed by atoms with van der Waals surface area (Å²) in [5, 5.41) is 0. The Morgan fingerprint density at radius 2 is 1.82 bits per heavy atom. The van der Waals surface area contributed by atoms with Crippen molar-refractivity contribution in [3.05, 3.63) is 59.9 Å². The van der Waals surface area contributed by atoms with E-state index in [2.05, 4.69) is 15.0 Å². The lowest BCUT2D eigenvalue weighted by molar-refractivity contribution is -0.137. The lowest BCUT2D eigenvalue weighted by Gasteiger charge is -2.06. The Labute approximate surface area is 124 Å². The molecule has 0 bridgehead atoms. The Hall–Kier alpha value is -2.90. The Kier molecular flexibility index (Phi) is 4.40. The number of alkyl halides is 3. The highest BCUT2D eigenvalue weighted by molar-refractivity contribution is 6.03. The number of pyridine rings is 1. The second-order valence-corrected chi connectivity index (χ2v) is 4.23. The number of hydrogen-bond acceptors (Lipinski definition) is 2. The molecular weight excluding hydrogens is 295 g/mol. The van der Waals surface area contributed by atoms with Crippen molar-refractivity contribution in [1.82, 2.24) is 4.98 Å². The molecular formula is C14H12F3N5. The van der Waals surface area contributed by atoms with Crippen LogP contribution in [0.3, 0.4) is 0 Å². The van der Waals surface area contributed by atoms with Gasteiger partial charge in [-0.25, -0.2) is 4.99 Å². The quantitative estimate of drug-likeness (QED) is 0.659. The maximum atomic E-state index is 12.6. The molecule has 0 saturated carbocycles. The standard InChI is InChI=1S/C14H12F3N5/c15-14(16,17)9-4-3-5-10(8-9)21-13(19)22-12(18)11-6-1-2-7-20-11/h1-8H,(H4,18,19,21,22). The van der Waals surface area contributed by atoms with Crippen molar-refractivity contribution in [3.8, 4) is 0 Å². The predicted octanol–water partition coefficient (Wildman–Crippen LogP) is 2.45. The normalized spacial score (nSPS) is 13.2. The molecule has 2 rings (SSSR count). The zero-order valence-electron chi connectivity index (χ0n) is 11.2. The van der Waals surface area contributed by atoms with E-state index in [0.717, 1.165) is 12.1 Å². The van der Waals surface area contributed by atoms with Gasteiger partial charge >= 0.3 is 6.18 Å². The highest BCUT2D eigenvalue weighted by atomic mass is 19.4. The third kappa shape index (κ3) is 4.05. The monoisotopic (exact) mass is 307 g/mol. The molecule has 4 N–H and O–H groups in total. The number of aromatic nitrogens is 1. The van der Waals surface area contributed by atoms with Crippen LogP contribution >= 0.6 is 0 Å². The SMILES string of the molecule is NC(=Nc1cccc(C(F)(F)F)c1)/N=C(\N)c1ccccn1. The number of nitrogens with zero attached hydrogens (tertiary/aromatic N) is 3. The maximum Gasteiger partial charge on any atom is 0.416 e. The van der Waals surface area contributed by atoms with Gasteiger partial charge in [0.15, 0.2) is 5.84 Å². The van der Waals surface area contributed by atoms with Crippen molar-refractivity contribution in [3.63, 3.8) is 0 Å². The summed E-state index contributed by atoms with van der Waals surface area (Å²) in [6.07, 6.45) is -2.92. The van der Waals surface area contributed by atoms with Gasteiger partial charge in [-0.2, -0.15) is 18.2 Å². The lowest BCUT2D eigenvalue weighted by Crippen LogP contribution is -2.20. The second-order valence-electron chi connectivity index (χ2n) is 4.23. The van der Waals surface area contributed by atoms with Gasteiger partial charge in [-0.15, -0.1) is 0 Å². The molecule has 1 aromatic carbocycles. The smallest absolute Gasteiger partial charge is 0.382 e. The lowest BCUT2D eigenvalue weighted by atomic mass is 10.2. The van der Waals surface area contributed by atoms with Crippen LogP contribution in [0.15, 0.2) is 58.6 Å². The van der Waals surface area contributed by atoms with Crippen molar-refractivity contribution in [2.45, 2.75) is 6.18 Å². The van der Waals surface area contributed by atoms with E-state index >= 15 is 0 Å². The number of benzene rings is 1. The molecule has 0 fully saturated rings. The van der Waals surface area contributed by atoms with Crippen molar-refractivity contribution in [2.75, 3.05) is 0 Å². The number of hydrogen-bond donors (Lipinski definition) is 2. The number of aliphatic imine (C=N–C) groups is 2. The molecule has 5 nitrogen and oxygen atoms in total. The van der Waals surface area contributed by atoms with Gasteiger partial charge < -0.3 is 11.5 Å². The fraction of sp³-hybridized carbons (Fsp3) is 0.0714. The van der Waals surface area contributed by atoms with E-state index in [0.29, 0.717) is 5.69 Å². The second kappa shape index (κ2) is 6.25. The van der Waals surface area contributed by atoms with Crippen molar-refractivity contribution in [2.24, 2.45) is 21.5 Å². The molecule has 0 saturated heterocycles. The number of rotatable bonds is 2. The Morgan fingerprint density at radius 1 is 1.05 bits per heavy atom. The molecule has 1 heterocycles. The summed E-state index contributed by atoms with van der Waals surface area (Å²) in [7, 11) is 0. The average molecular weight is 307 g/mol. The van der Waals surface area contributed by atoms with Gasteiger partial charge in [-0.05, 0) is 30.3 Å². The molecule has 114 valence electrons. The van der Waals surface area contributed by atoms with Gasteiger partial charge in [-0.1, -0.05) is 12.1 Å². The highest BCUT2D eigenvalue weighted by Crippen LogP contribution is 2.31. The fourth-order valence-electron chi connectivity index (χ4n) is 1.60. The van der Waals surface area contributed by atoms with Gasteiger partial charge in [0.2, 0.25) is 5.96 Å². The maximum absolute atomic E-state index is 12.6. The van der Waals surface area contributed by atoms with Crippen molar-refractivity contribution >= 4 is 17.5 Å². The van der Waals surface area contributed by atoms with Crippen molar-refractivity contribution < 1.29 is 13.2 Å². The van der Waals surface area contributed by atoms with Crippen LogP contribution in [0.5, 0.6) is 0 Å². The molecule has 0 aliphatic carbocycles. The topological polar surface area (TPSA) is 89.6 Å². The van der Waals surface area contributed by atoms with Gasteiger partial charge in [0.05, 0.1) is 11.3 Å². The number of amidine groups is 1. The van der Waals surface area contributed by atoms with E-state index in [1.54, 1.807) is 18.2 Å². The van der Waals surface area contributed by atoms with Crippen LogP contribution in [0, 0.1) is 0 Å². The molecule has 2 aromatic rings. The van der Waals surface area contributed by atoms with Crippen LogP contribution < -0.4 is 11.5 Å². The third-order valence-corrected chi connectivity index (χ3v) is 2.58. The molecule has 0 atom stereocenters. The van der Waals surface area contributed by atoms with Gasteiger partial charge in [0, 0.05) is 6.20 Å². The summed E-state index contributed by atoms with van der Waals surface area (Å²) in [6, 6.07) is 9.48. The minimum Gasteiger partial charge on any atom is -0.382 e. The summed E-state index contributed by atoms with van der Waals surface area (Å²) >= 11 is 0. The van der Waals surface area contributed by atoms with Crippen LogP contribution in [-0.4, -0.2) is 16.8 Å². The Bertz CT molecular complexity index is 708. The van der Waals surface area contributed by atoms with Crippen LogP contribution in [-0.2, 0) is 6.18 Å². The molecule has 1 aromatic heterocycles. The molecule has 0 aliphatic heterocycles. The minimum absolute atomic E-state index is 0.0221. The minimum atomic E-state index is -4.45. The zero-order chi connectivity index (χ0) is 16.2. The molecule has 0 aliphatic rings. The van der Waals surface area contributed by atoms with E-state index in [-0.39, 0.29) is 17.5 Å². The van der Waals surface area contributed by atoms with Crippen molar-refractivity contribution in [1.29, 1.82) is 0 Å². The largest absolute Gasteiger partial charge is 0.416 e. The third-order valence-electron chi connectivity index (χ3n) is 2.58. The van der Waals surface area contributed by atoms with Crippen LogP contribution in [0.4, 0.5) is 18.9 Å². The summed E-state index contributed by atoms with van der Waals surface area (Å²) in [5.74, 6) is -0.240.